The van der Waals surface area contributed by atoms with Gasteiger partial charge in [-0.2, -0.15) is 0 Å². The molecule has 1 atom stereocenters. The third-order valence-corrected chi connectivity index (χ3v) is 3.31. The van der Waals surface area contributed by atoms with Gasteiger partial charge in [-0.3, -0.25) is 9.69 Å². The summed E-state index contributed by atoms with van der Waals surface area (Å²) in [6, 6.07) is 0.591. The molecule has 2 rings (SSSR count). The Morgan fingerprint density at radius 2 is 2.27 bits per heavy atom. The van der Waals surface area contributed by atoms with Gasteiger partial charge < -0.3 is 10.2 Å². The van der Waals surface area contributed by atoms with Gasteiger partial charge in [0.25, 0.3) is 0 Å². The van der Waals surface area contributed by atoms with Gasteiger partial charge in [-0.05, 0) is 13.3 Å². The van der Waals surface area contributed by atoms with Crippen molar-refractivity contribution in [3.8, 4) is 0 Å². The Hall–Kier alpha value is -0.610. The number of rotatable bonds is 3. The van der Waals surface area contributed by atoms with Crippen molar-refractivity contribution in [3.63, 3.8) is 0 Å². The fraction of sp³-hybridized carbons (Fsp3) is 0.909. The van der Waals surface area contributed by atoms with Crippen molar-refractivity contribution >= 4 is 5.91 Å². The van der Waals surface area contributed by atoms with E-state index in [-0.39, 0.29) is 0 Å². The standard InChI is InChI=1S/C11H21N3O/c1-10-9-13(6-4-12-10)7-8-14-5-2-3-11(14)15/h10,12H,2-9H2,1H3. The van der Waals surface area contributed by atoms with E-state index in [0.717, 1.165) is 52.1 Å². The summed E-state index contributed by atoms with van der Waals surface area (Å²) in [6.45, 7) is 8.46. The summed E-state index contributed by atoms with van der Waals surface area (Å²) in [6.07, 6.45) is 1.81. The number of carbonyl (C=O) groups excluding carboxylic acids is 1. The molecular weight excluding hydrogens is 190 g/mol. The molecule has 86 valence electrons. The third kappa shape index (κ3) is 2.92. The molecule has 0 aromatic heterocycles. The highest BCUT2D eigenvalue weighted by Crippen LogP contribution is 2.09. The highest BCUT2D eigenvalue weighted by Gasteiger charge is 2.21. The summed E-state index contributed by atoms with van der Waals surface area (Å²) in [5, 5.41) is 3.43. The van der Waals surface area contributed by atoms with Crippen LogP contribution >= 0.6 is 0 Å². The van der Waals surface area contributed by atoms with E-state index in [1.807, 2.05) is 4.90 Å². The number of hydrogen-bond donors (Lipinski definition) is 1. The lowest BCUT2D eigenvalue weighted by Gasteiger charge is -2.32. The van der Waals surface area contributed by atoms with Crippen LogP contribution < -0.4 is 5.32 Å². The molecule has 0 spiro atoms. The van der Waals surface area contributed by atoms with Gasteiger partial charge in [0.2, 0.25) is 5.91 Å². The van der Waals surface area contributed by atoms with Gasteiger partial charge in [-0.25, -0.2) is 0 Å². The Morgan fingerprint density at radius 1 is 1.40 bits per heavy atom. The van der Waals surface area contributed by atoms with Gasteiger partial charge in [0, 0.05) is 51.7 Å². The lowest BCUT2D eigenvalue weighted by atomic mass is 10.2. The van der Waals surface area contributed by atoms with Crippen LogP contribution in [-0.2, 0) is 4.79 Å². The molecule has 1 amide bonds. The first-order valence-corrected chi connectivity index (χ1v) is 5.99. The van der Waals surface area contributed by atoms with E-state index < -0.39 is 0 Å². The van der Waals surface area contributed by atoms with Crippen LogP contribution in [-0.4, -0.2) is 61.0 Å². The van der Waals surface area contributed by atoms with Crippen molar-refractivity contribution in [1.82, 2.24) is 15.1 Å². The molecular formula is C11H21N3O. The summed E-state index contributed by atoms with van der Waals surface area (Å²) in [5.74, 6) is 0.346. The average Bonchev–Trinajstić information content (AvgIpc) is 2.61. The van der Waals surface area contributed by atoms with E-state index in [2.05, 4.69) is 17.1 Å². The summed E-state index contributed by atoms with van der Waals surface area (Å²) >= 11 is 0. The second-order valence-electron chi connectivity index (χ2n) is 4.64. The minimum Gasteiger partial charge on any atom is -0.341 e. The molecule has 4 heteroatoms. The maximum atomic E-state index is 11.4. The first-order chi connectivity index (χ1) is 7.25. The van der Waals surface area contributed by atoms with E-state index >= 15 is 0 Å². The Kier molecular flexibility index (Phi) is 3.59. The number of hydrogen-bond acceptors (Lipinski definition) is 3. The Morgan fingerprint density at radius 3 is 2.93 bits per heavy atom. The maximum absolute atomic E-state index is 11.4. The predicted octanol–water partition coefficient (Wildman–Crippen LogP) is -0.0975. The van der Waals surface area contributed by atoms with Gasteiger partial charge in [-0.1, -0.05) is 0 Å². The normalized spacial score (nSPS) is 28.7. The molecule has 2 saturated heterocycles. The second-order valence-corrected chi connectivity index (χ2v) is 4.64. The molecule has 1 N–H and O–H groups in total. The average molecular weight is 211 g/mol. The highest BCUT2D eigenvalue weighted by atomic mass is 16.2. The van der Waals surface area contributed by atoms with Crippen molar-refractivity contribution in [1.29, 1.82) is 0 Å². The summed E-state index contributed by atoms with van der Waals surface area (Å²) in [7, 11) is 0. The molecule has 0 aromatic carbocycles. The molecule has 2 fully saturated rings. The van der Waals surface area contributed by atoms with Crippen molar-refractivity contribution in [2.24, 2.45) is 0 Å². The zero-order valence-corrected chi connectivity index (χ0v) is 9.54. The van der Waals surface area contributed by atoms with Gasteiger partial charge in [0.1, 0.15) is 0 Å². The summed E-state index contributed by atoms with van der Waals surface area (Å²) in [5.41, 5.74) is 0. The van der Waals surface area contributed by atoms with Crippen molar-refractivity contribution in [2.45, 2.75) is 25.8 Å². The first-order valence-electron chi connectivity index (χ1n) is 5.99. The fourth-order valence-electron chi connectivity index (χ4n) is 2.42. The second kappa shape index (κ2) is 4.94. The molecule has 2 aliphatic rings. The molecule has 0 saturated carbocycles. The summed E-state index contributed by atoms with van der Waals surface area (Å²) in [4.78, 5) is 15.9. The van der Waals surface area contributed by atoms with E-state index in [9.17, 15) is 4.79 Å². The number of nitrogens with one attached hydrogen (secondary N) is 1. The van der Waals surface area contributed by atoms with Crippen LogP contribution in [0.3, 0.4) is 0 Å². The summed E-state index contributed by atoms with van der Waals surface area (Å²) < 4.78 is 0. The largest absolute Gasteiger partial charge is 0.341 e. The SMILES string of the molecule is CC1CN(CCN2CCCC2=O)CCN1. The molecule has 15 heavy (non-hydrogen) atoms. The van der Waals surface area contributed by atoms with Crippen LogP contribution in [0.2, 0.25) is 0 Å². The third-order valence-electron chi connectivity index (χ3n) is 3.31. The predicted molar refractivity (Wildman–Crippen MR) is 59.7 cm³/mol. The molecule has 0 radical (unpaired) electrons. The molecule has 0 aromatic rings. The molecule has 0 aliphatic carbocycles. The Bertz CT molecular complexity index is 232. The van der Waals surface area contributed by atoms with Crippen LogP contribution in [0.5, 0.6) is 0 Å². The maximum Gasteiger partial charge on any atom is 0.222 e. The van der Waals surface area contributed by atoms with Gasteiger partial charge in [-0.15, -0.1) is 0 Å². The fourth-order valence-corrected chi connectivity index (χ4v) is 2.42. The van der Waals surface area contributed by atoms with E-state index in [1.165, 1.54) is 0 Å². The first kappa shape index (κ1) is 10.9. The number of likely N-dealkylation sites (tertiary alicyclic amines) is 1. The monoisotopic (exact) mass is 211 g/mol. The van der Waals surface area contributed by atoms with E-state index in [0.29, 0.717) is 11.9 Å². The zero-order chi connectivity index (χ0) is 10.7. The van der Waals surface area contributed by atoms with Crippen LogP contribution in [0.4, 0.5) is 0 Å². The quantitative estimate of drug-likeness (QED) is 0.708. The van der Waals surface area contributed by atoms with Gasteiger partial charge in [0.05, 0.1) is 0 Å². The number of nitrogens with zero attached hydrogens (tertiary/aromatic N) is 2. The Balaban J connectivity index is 1.70. The zero-order valence-electron chi connectivity index (χ0n) is 9.54. The van der Waals surface area contributed by atoms with Crippen molar-refractivity contribution < 1.29 is 4.79 Å². The molecule has 1 unspecified atom stereocenters. The van der Waals surface area contributed by atoms with E-state index in [1.54, 1.807) is 0 Å². The number of amides is 1. The number of carbonyl (C=O) groups is 1. The van der Waals surface area contributed by atoms with Gasteiger partial charge in [0.15, 0.2) is 0 Å². The van der Waals surface area contributed by atoms with Crippen molar-refractivity contribution in [3.05, 3.63) is 0 Å². The number of piperazine rings is 1. The van der Waals surface area contributed by atoms with Crippen molar-refractivity contribution in [2.75, 3.05) is 39.3 Å². The van der Waals surface area contributed by atoms with Crippen LogP contribution in [0.15, 0.2) is 0 Å². The minimum absolute atomic E-state index is 0.346. The molecule has 2 heterocycles. The van der Waals surface area contributed by atoms with E-state index in [4.69, 9.17) is 0 Å². The molecule has 4 nitrogen and oxygen atoms in total. The van der Waals surface area contributed by atoms with Crippen LogP contribution in [0, 0.1) is 0 Å². The topological polar surface area (TPSA) is 35.6 Å². The van der Waals surface area contributed by atoms with Crippen LogP contribution in [0.1, 0.15) is 19.8 Å². The lowest BCUT2D eigenvalue weighted by Crippen LogP contribution is -2.51. The molecule has 0 bridgehead atoms. The Labute approximate surface area is 91.6 Å². The van der Waals surface area contributed by atoms with Gasteiger partial charge >= 0.3 is 0 Å². The minimum atomic E-state index is 0.346. The lowest BCUT2D eigenvalue weighted by molar-refractivity contribution is -0.127. The molecule has 2 aliphatic heterocycles. The smallest absolute Gasteiger partial charge is 0.222 e. The highest BCUT2D eigenvalue weighted by molar-refractivity contribution is 5.78. The van der Waals surface area contributed by atoms with Crippen LogP contribution in [0.25, 0.3) is 0 Å².